The normalized spacial score (nSPS) is 37.6. The lowest BCUT2D eigenvalue weighted by Crippen LogP contribution is -2.75. The third-order valence-electron chi connectivity index (χ3n) is 11.2. The first-order valence-electron chi connectivity index (χ1n) is 13.5. The van der Waals surface area contributed by atoms with Crippen molar-refractivity contribution in [1.29, 1.82) is 0 Å². The Hall–Kier alpha value is -2.05. The van der Waals surface area contributed by atoms with E-state index in [1.807, 2.05) is 13.8 Å². The second-order valence-corrected chi connectivity index (χ2v) is 13.0. The Morgan fingerprint density at radius 3 is 1.18 bits per heavy atom. The Morgan fingerprint density at radius 2 is 0.822 bits per heavy atom. The molecular weight excluding hydrogens is 669 g/mol. The van der Waals surface area contributed by atoms with E-state index in [1.54, 1.807) is 0 Å². The highest BCUT2D eigenvalue weighted by Gasteiger charge is 2.95. The van der Waals surface area contributed by atoms with E-state index in [9.17, 15) is 84.2 Å². The number of carbonyl (C=O) groups excluding carboxylic acids is 2. The molecule has 258 valence electrons. The summed E-state index contributed by atoms with van der Waals surface area (Å²) in [5.41, 5.74) is 0. The molecule has 2 amide bonds. The van der Waals surface area contributed by atoms with Crippen molar-refractivity contribution in [2.75, 3.05) is 6.54 Å². The maximum absolute atomic E-state index is 14.7. The van der Waals surface area contributed by atoms with Gasteiger partial charge in [0, 0.05) is 0 Å². The van der Waals surface area contributed by atoms with Gasteiger partial charge in [-0.25, -0.2) is 0 Å². The van der Waals surface area contributed by atoms with E-state index in [4.69, 9.17) is 0 Å². The van der Waals surface area contributed by atoms with E-state index in [0.29, 0.717) is 0 Å². The Kier molecular flexibility index (Phi) is 6.93. The van der Waals surface area contributed by atoms with Gasteiger partial charge in [0.05, 0.1) is 18.4 Å². The summed E-state index contributed by atoms with van der Waals surface area (Å²) >= 11 is 0. The summed E-state index contributed by atoms with van der Waals surface area (Å²) in [7, 11) is 0. The molecule has 4 saturated carbocycles. The van der Waals surface area contributed by atoms with Crippen molar-refractivity contribution >= 4 is 11.8 Å². The first-order valence-corrected chi connectivity index (χ1v) is 13.5. The number of alkyl halides is 17. The minimum Gasteiger partial charge on any atom is -0.276 e. The van der Waals surface area contributed by atoms with Crippen LogP contribution < -0.4 is 0 Å². The number of nitrogens with zero attached hydrogens (tertiary/aromatic N) is 1. The lowest BCUT2D eigenvalue weighted by atomic mass is 9.60. The Labute approximate surface area is 241 Å². The summed E-state index contributed by atoms with van der Waals surface area (Å²) in [6.45, 7) is 0.766. The van der Waals surface area contributed by atoms with Gasteiger partial charge in [-0.2, -0.15) is 74.6 Å². The number of rotatable bonds is 8. The zero-order chi connectivity index (χ0) is 34.6. The number of hydrogen-bond donors (Lipinski definition) is 0. The zero-order valence-electron chi connectivity index (χ0n) is 22.6. The lowest BCUT2D eigenvalue weighted by Gasteiger charge is -2.43. The summed E-state index contributed by atoms with van der Waals surface area (Å²) in [5.74, 6) is -64.4. The molecule has 1 heterocycles. The van der Waals surface area contributed by atoms with Gasteiger partial charge in [0.15, 0.2) is 0 Å². The van der Waals surface area contributed by atoms with Gasteiger partial charge in [-0.05, 0) is 60.2 Å². The molecule has 10 atom stereocenters. The third kappa shape index (κ3) is 3.73. The molecule has 0 aromatic carbocycles. The molecule has 0 aromatic rings. The zero-order valence-corrected chi connectivity index (χ0v) is 22.6. The molecule has 1 aliphatic heterocycles. The van der Waals surface area contributed by atoms with E-state index in [-0.39, 0.29) is 41.9 Å². The quantitative estimate of drug-likeness (QED) is 0.151. The monoisotopic (exact) mass is 691 g/mol. The minimum absolute atomic E-state index is 0.0686. The number of hydrogen-bond acceptors (Lipinski definition) is 2. The fraction of sp³-hybridized carbons (Fsp3) is 0.920. The van der Waals surface area contributed by atoms with Crippen LogP contribution in [0.3, 0.4) is 0 Å². The molecule has 0 radical (unpaired) electrons. The highest BCUT2D eigenvalue weighted by molar-refractivity contribution is 6.06. The number of likely N-dealkylation sites (tertiary alicyclic amines) is 1. The van der Waals surface area contributed by atoms with Gasteiger partial charge in [0.2, 0.25) is 11.8 Å². The van der Waals surface area contributed by atoms with Gasteiger partial charge in [-0.1, -0.05) is 13.8 Å². The van der Waals surface area contributed by atoms with E-state index in [2.05, 4.69) is 0 Å². The topological polar surface area (TPSA) is 37.4 Å². The highest BCUT2D eigenvalue weighted by atomic mass is 19.4. The summed E-state index contributed by atoms with van der Waals surface area (Å²) in [6.07, 6.45) is -6.80. The van der Waals surface area contributed by atoms with Crippen LogP contribution in [0.1, 0.15) is 26.7 Å². The fourth-order valence-electron chi connectivity index (χ4n) is 9.04. The van der Waals surface area contributed by atoms with Crippen LogP contribution in [0.25, 0.3) is 0 Å². The van der Waals surface area contributed by atoms with E-state index in [1.165, 1.54) is 0 Å². The molecule has 5 rings (SSSR count). The largest absolute Gasteiger partial charge is 0.460 e. The lowest BCUT2D eigenvalue weighted by molar-refractivity contribution is -0.461. The average Bonchev–Trinajstić information content (AvgIpc) is 3.67. The van der Waals surface area contributed by atoms with Crippen LogP contribution in [-0.2, 0) is 9.59 Å². The van der Waals surface area contributed by atoms with E-state index >= 15 is 0 Å². The number of carbonyl (C=O) groups is 2. The van der Waals surface area contributed by atoms with Gasteiger partial charge < -0.3 is 0 Å². The van der Waals surface area contributed by atoms with Crippen molar-refractivity contribution in [3.63, 3.8) is 0 Å². The van der Waals surface area contributed by atoms with Crippen LogP contribution in [-0.4, -0.2) is 70.9 Å². The SMILES string of the molecule is CC1C(C)C2CC1C1C3CC(C4C(=O)N(CC(F)(F)C(F)(F)C(F)(F)C(F)(F)C(F)(F)C(F)(F)C(F)(F)C(F)(F)F)C(=O)C34)C21. The van der Waals surface area contributed by atoms with Crippen LogP contribution in [0.2, 0.25) is 0 Å². The number of amides is 2. The Balaban J connectivity index is 1.42. The number of fused-ring (bicyclic) bond motifs is 12. The van der Waals surface area contributed by atoms with Crippen molar-refractivity contribution in [2.45, 2.75) is 74.3 Å². The van der Waals surface area contributed by atoms with Crippen molar-refractivity contribution in [3.8, 4) is 0 Å². The molecule has 0 N–H and O–H groups in total. The first-order chi connectivity index (χ1) is 20.0. The smallest absolute Gasteiger partial charge is 0.276 e. The maximum atomic E-state index is 14.7. The summed E-state index contributed by atoms with van der Waals surface area (Å²) in [5, 5.41) is 0. The van der Waals surface area contributed by atoms with Crippen molar-refractivity contribution in [1.82, 2.24) is 4.90 Å². The predicted octanol–water partition coefficient (Wildman–Crippen LogP) is 7.40. The molecule has 10 unspecified atom stereocenters. The third-order valence-corrected chi connectivity index (χ3v) is 11.2. The van der Waals surface area contributed by atoms with E-state index < -0.39 is 94.6 Å². The van der Waals surface area contributed by atoms with Gasteiger partial charge in [-0.3, -0.25) is 14.5 Å². The molecule has 5 fully saturated rings. The molecule has 4 bridgehead atoms. The van der Waals surface area contributed by atoms with Crippen LogP contribution in [0.15, 0.2) is 0 Å². The number of halogens is 17. The number of imide groups is 1. The molecule has 20 heteroatoms. The molecule has 0 aromatic heterocycles. The maximum Gasteiger partial charge on any atom is 0.460 e. The highest BCUT2D eigenvalue weighted by Crippen LogP contribution is 2.74. The Bertz CT molecular complexity index is 1230. The van der Waals surface area contributed by atoms with Gasteiger partial charge in [0.1, 0.15) is 0 Å². The molecule has 5 aliphatic rings. The molecule has 0 spiro atoms. The molecule has 45 heavy (non-hydrogen) atoms. The van der Waals surface area contributed by atoms with Gasteiger partial charge >= 0.3 is 47.6 Å². The van der Waals surface area contributed by atoms with Crippen LogP contribution in [0.5, 0.6) is 0 Å². The van der Waals surface area contributed by atoms with Crippen molar-refractivity contribution < 1.29 is 84.2 Å². The standard InChI is InChI=1S/C25H22F17NO2/c1-6-7(2)9-3-8(6)12-10-4-11(13(9)12)15-14(10)16(44)43(17(15)45)5-18(26,27)19(28,29)20(30,31)21(32,33)22(34,35)23(36,37)24(38,39)25(40,41)42/h6-15H,3-5H2,1-2H3. The summed E-state index contributed by atoms with van der Waals surface area (Å²) in [4.78, 5) is 25.5. The van der Waals surface area contributed by atoms with Crippen LogP contribution in [0, 0.1) is 59.2 Å². The van der Waals surface area contributed by atoms with Crippen molar-refractivity contribution in [2.24, 2.45) is 59.2 Å². The molecule has 1 saturated heterocycles. The summed E-state index contributed by atoms with van der Waals surface area (Å²) < 4.78 is 232. The second kappa shape index (κ2) is 9.09. The van der Waals surface area contributed by atoms with Gasteiger partial charge in [-0.15, -0.1) is 0 Å². The van der Waals surface area contributed by atoms with Crippen LogP contribution >= 0.6 is 0 Å². The van der Waals surface area contributed by atoms with Crippen molar-refractivity contribution in [3.05, 3.63) is 0 Å². The predicted molar refractivity (Wildman–Crippen MR) is 113 cm³/mol. The first kappa shape index (κ1) is 34.3. The Morgan fingerprint density at radius 1 is 0.511 bits per heavy atom. The van der Waals surface area contributed by atoms with Gasteiger partial charge in [0.25, 0.3) is 0 Å². The molecule has 3 nitrogen and oxygen atoms in total. The molecule has 4 aliphatic carbocycles. The average molecular weight is 691 g/mol. The molecular formula is C25H22F17NO2. The van der Waals surface area contributed by atoms with E-state index in [0.717, 1.165) is 6.42 Å². The van der Waals surface area contributed by atoms with Crippen LogP contribution in [0.4, 0.5) is 74.6 Å². The second-order valence-electron chi connectivity index (χ2n) is 13.0. The summed E-state index contributed by atoms with van der Waals surface area (Å²) in [6, 6.07) is 0. The fourth-order valence-corrected chi connectivity index (χ4v) is 9.04. The minimum atomic E-state index is -8.73.